The van der Waals surface area contributed by atoms with E-state index in [0.29, 0.717) is 0 Å². The standard InChI is InChI=1S/C11H11NO/c1-2-5-10-8-9-6-3-4-7-11(9)12(10)13/h2-7,12H,1,8H2. The molecule has 1 heterocycles. The number of nitrogens with one attached hydrogen (secondary N) is 1. The van der Waals surface area contributed by atoms with E-state index >= 15 is 0 Å². The van der Waals surface area contributed by atoms with E-state index in [1.807, 2.05) is 24.3 Å². The van der Waals surface area contributed by atoms with Crippen LogP contribution in [0, 0.1) is 5.21 Å². The highest BCUT2D eigenvalue weighted by Crippen LogP contribution is 2.20. The summed E-state index contributed by atoms with van der Waals surface area (Å²) >= 11 is 0. The van der Waals surface area contributed by atoms with Gasteiger partial charge in [-0.1, -0.05) is 30.9 Å². The van der Waals surface area contributed by atoms with Crippen molar-refractivity contribution in [3.63, 3.8) is 0 Å². The number of hydrogen-bond acceptors (Lipinski definition) is 1. The van der Waals surface area contributed by atoms with Crippen molar-refractivity contribution in [3.8, 4) is 0 Å². The Kier molecular flexibility index (Phi) is 2.00. The van der Waals surface area contributed by atoms with Crippen LogP contribution >= 0.6 is 0 Å². The minimum Gasteiger partial charge on any atom is -0.624 e. The smallest absolute Gasteiger partial charge is 0.139 e. The fourth-order valence-corrected chi connectivity index (χ4v) is 1.63. The molecule has 2 heteroatoms. The number of hydrogen-bond donors (Lipinski definition) is 1. The highest BCUT2D eigenvalue weighted by Gasteiger charge is 2.22. The first-order valence-corrected chi connectivity index (χ1v) is 4.27. The summed E-state index contributed by atoms with van der Waals surface area (Å²) in [7, 11) is 0. The predicted octanol–water partition coefficient (Wildman–Crippen LogP) is 1.33. The van der Waals surface area contributed by atoms with E-state index in [9.17, 15) is 5.21 Å². The summed E-state index contributed by atoms with van der Waals surface area (Å²) in [5.41, 5.74) is 2.81. The van der Waals surface area contributed by atoms with Crippen molar-refractivity contribution in [1.29, 1.82) is 0 Å². The Morgan fingerprint density at radius 1 is 1.38 bits per heavy atom. The minimum absolute atomic E-state index is 0.149. The molecule has 0 saturated heterocycles. The Morgan fingerprint density at radius 2 is 2.15 bits per heavy atom. The quantitative estimate of drug-likeness (QED) is 0.637. The Labute approximate surface area is 77.4 Å². The number of allylic oxidation sites excluding steroid dienone is 3. The summed E-state index contributed by atoms with van der Waals surface area (Å²) in [6, 6.07) is 7.73. The molecule has 2 nitrogen and oxygen atoms in total. The highest BCUT2D eigenvalue weighted by molar-refractivity contribution is 5.46. The van der Waals surface area contributed by atoms with Gasteiger partial charge >= 0.3 is 0 Å². The van der Waals surface area contributed by atoms with E-state index < -0.39 is 0 Å². The first-order valence-electron chi connectivity index (χ1n) is 4.27. The zero-order valence-corrected chi connectivity index (χ0v) is 7.29. The van der Waals surface area contributed by atoms with Crippen LogP contribution in [0.3, 0.4) is 0 Å². The number of para-hydroxylation sites is 1. The number of rotatable bonds is 1. The molecular weight excluding hydrogens is 162 g/mol. The zero-order valence-electron chi connectivity index (χ0n) is 7.29. The minimum atomic E-state index is 0.149. The molecule has 0 aromatic heterocycles. The van der Waals surface area contributed by atoms with Crippen LogP contribution < -0.4 is 5.06 Å². The van der Waals surface area contributed by atoms with Crippen LogP contribution in [0.5, 0.6) is 0 Å². The second kappa shape index (κ2) is 3.17. The van der Waals surface area contributed by atoms with Crippen LogP contribution in [-0.2, 0) is 6.42 Å². The van der Waals surface area contributed by atoms with Crippen LogP contribution in [0.1, 0.15) is 5.56 Å². The van der Waals surface area contributed by atoms with Crippen molar-refractivity contribution in [2.45, 2.75) is 6.42 Å². The predicted molar refractivity (Wildman–Crippen MR) is 52.4 cm³/mol. The molecule has 1 aliphatic rings. The molecule has 0 fully saturated rings. The molecule has 0 amide bonds. The van der Waals surface area contributed by atoms with Gasteiger partial charge in [0.2, 0.25) is 0 Å². The van der Waals surface area contributed by atoms with Gasteiger partial charge in [-0.3, -0.25) is 0 Å². The molecule has 0 radical (unpaired) electrons. The van der Waals surface area contributed by atoms with E-state index in [1.54, 1.807) is 12.2 Å². The molecular formula is C11H11NO. The Morgan fingerprint density at radius 3 is 2.85 bits per heavy atom. The van der Waals surface area contributed by atoms with E-state index in [2.05, 4.69) is 6.58 Å². The largest absolute Gasteiger partial charge is 0.624 e. The van der Waals surface area contributed by atoms with Gasteiger partial charge < -0.3 is 10.3 Å². The Balaban J connectivity index is 2.43. The van der Waals surface area contributed by atoms with Gasteiger partial charge in [-0.2, -0.15) is 0 Å². The number of quaternary nitrogens is 1. The first kappa shape index (κ1) is 8.23. The van der Waals surface area contributed by atoms with Crippen molar-refractivity contribution in [1.82, 2.24) is 0 Å². The molecule has 66 valence electrons. The van der Waals surface area contributed by atoms with Crippen LogP contribution in [0.2, 0.25) is 0 Å². The lowest BCUT2D eigenvalue weighted by Crippen LogP contribution is -2.98. The molecule has 13 heavy (non-hydrogen) atoms. The molecule has 0 aliphatic carbocycles. The highest BCUT2D eigenvalue weighted by atomic mass is 16.5. The van der Waals surface area contributed by atoms with Crippen LogP contribution in [-0.4, -0.2) is 0 Å². The van der Waals surface area contributed by atoms with Crippen LogP contribution in [0.15, 0.2) is 48.7 Å². The average Bonchev–Trinajstić information content (AvgIpc) is 2.46. The van der Waals surface area contributed by atoms with E-state index in [-0.39, 0.29) is 5.06 Å². The topological polar surface area (TPSA) is 27.5 Å². The third-order valence-electron chi connectivity index (χ3n) is 2.25. The first-order chi connectivity index (χ1) is 6.33. The zero-order chi connectivity index (χ0) is 9.26. The maximum absolute atomic E-state index is 11.7. The number of hydroxylamine groups is 1. The maximum atomic E-state index is 11.7. The van der Waals surface area contributed by atoms with E-state index in [4.69, 9.17) is 0 Å². The lowest BCUT2D eigenvalue weighted by atomic mass is 10.1. The third-order valence-corrected chi connectivity index (χ3v) is 2.25. The molecule has 2 rings (SSSR count). The van der Waals surface area contributed by atoms with Gasteiger partial charge in [-0.25, -0.2) is 0 Å². The second-order valence-electron chi connectivity index (χ2n) is 3.09. The SMILES string of the molecule is C=CC=C1Cc2ccccc2[NH+]1[O-]. The average molecular weight is 173 g/mol. The summed E-state index contributed by atoms with van der Waals surface area (Å²) in [5, 5.41) is 11.8. The molecule has 0 bridgehead atoms. The molecule has 0 saturated carbocycles. The normalized spacial score (nSPS) is 23.2. The monoisotopic (exact) mass is 173 g/mol. The molecule has 1 N–H and O–H groups in total. The summed E-state index contributed by atoms with van der Waals surface area (Å²) in [6.45, 7) is 3.59. The molecule has 1 aliphatic heterocycles. The Hall–Kier alpha value is -1.38. The fourth-order valence-electron chi connectivity index (χ4n) is 1.63. The van der Waals surface area contributed by atoms with Gasteiger partial charge in [0, 0.05) is 11.6 Å². The van der Waals surface area contributed by atoms with Crippen molar-refractivity contribution < 1.29 is 5.06 Å². The van der Waals surface area contributed by atoms with Crippen molar-refractivity contribution in [2.75, 3.05) is 0 Å². The second-order valence-corrected chi connectivity index (χ2v) is 3.09. The lowest BCUT2D eigenvalue weighted by molar-refractivity contribution is -0.726. The summed E-state index contributed by atoms with van der Waals surface area (Å²) in [6.07, 6.45) is 4.21. The van der Waals surface area contributed by atoms with Gasteiger partial charge in [0.1, 0.15) is 11.4 Å². The van der Waals surface area contributed by atoms with Crippen molar-refractivity contribution in [3.05, 3.63) is 59.5 Å². The van der Waals surface area contributed by atoms with Gasteiger partial charge in [-0.05, 0) is 6.08 Å². The van der Waals surface area contributed by atoms with Gasteiger partial charge in [0.25, 0.3) is 0 Å². The number of fused-ring (bicyclic) bond motifs is 1. The number of benzene rings is 1. The van der Waals surface area contributed by atoms with Crippen LogP contribution in [0.4, 0.5) is 5.69 Å². The van der Waals surface area contributed by atoms with Crippen molar-refractivity contribution in [2.24, 2.45) is 0 Å². The molecule has 0 spiro atoms. The fraction of sp³-hybridized carbons (Fsp3) is 0.0909. The van der Waals surface area contributed by atoms with Gasteiger partial charge in [-0.15, -0.1) is 0 Å². The van der Waals surface area contributed by atoms with E-state index in [1.165, 1.54) is 0 Å². The maximum Gasteiger partial charge on any atom is 0.139 e. The summed E-state index contributed by atoms with van der Waals surface area (Å²) in [5.74, 6) is 0. The summed E-state index contributed by atoms with van der Waals surface area (Å²) in [4.78, 5) is 0. The molecule has 1 unspecified atom stereocenters. The molecule has 1 aromatic rings. The molecule has 1 atom stereocenters. The third kappa shape index (κ3) is 1.30. The van der Waals surface area contributed by atoms with E-state index in [0.717, 1.165) is 23.4 Å². The van der Waals surface area contributed by atoms with Gasteiger partial charge in [0.15, 0.2) is 0 Å². The van der Waals surface area contributed by atoms with Crippen LogP contribution in [0.25, 0.3) is 0 Å². The van der Waals surface area contributed by atoms with Crippen molar-refractivity contribution >= 4 is 5.69 Å². The Bertz CT molecular complexity index is 368. The lowest BCUT2D eigenvalue weighted by Gasteiger charge is -2.16. The van der Waals surface area contributed by atoms with Gasteiger partial charge in [0.05, 0.1) is 6.42 Å². The molecule has 1 aromatic carbocycles. The summed E-state index contributed by atoms with van der Waals surface area (Å²) < 4.78 is 0.